The normalized spacial score (nSPS) is 10.7. The van der Waals surface area contributed by atoms with Gasteiger partial charge in [0.25, 0.3) is 0 Å². The summed E-state index contributed by atoms with van der Waals surface area (Å²) in [6.45, 7) is 2.80. The fraction of sp³-hybridized carbons (Fsp3) is 0.400. The summed E-state index contributed by atoms with van der Waals surface area (Å²) in [6.07, 6.45) is 0.790. The third-order valence-electron chi connectivity index (χ3n) is 3.33. The van der Waals surface area contributed by atoms with Crippen LogP contribution in [0.15, 0.2) is 18.2 Å². The largest absolute Gasteiger partial charge is 0.493 e. The van der Waals surface area contributed by atoms with Crippen molar-refractivity contribution in [1.29, 1.82) is 0 Å². The number of ether oxygens (including phenoxy) is 2. The topological polar surface area (TPSA) is 62.3 Å². The number of hydrogen-bond acceptors (Lipinski definition) is 4. The molecule has 21 heavy (non-hydrogen) atoms. The number of hydrogen-bond donors (Lipinski definition) is 1. The average Bonchev–Trinajstić information content (AvgIpc) is 2.79. The zero-order chi connectivity index (χ0) is 15.4. The van der Waals surface area contributed by atoms with E-state index >= 15 is 0 Å². The molecule has 0 aliphatic rings. The fourth-order valence-corrected chi connectivity index (χ4v) is 2.43. The van der Waals surface area contributed by atoms with Crippen molar-refractivity contribution in [2.45, 2.75) is 26.5 Å². The Bertz CT molecular complexity index is 626. The Morgan fingerprint density at radius 1 is 1.33 bits per heavy atom. The number of methoxy groups -OCH3 is 1. The van der Waals surface area contributed by atoms with Gasteiger partial charge in [-0.15, -0.1) is 0 Å². The number of aryl methyl sites for hydroxylation is 2. The van der Waals surface area contributed by atoms with Gasteiger partial charge in [-0.2, -0.15) is 5.10 Å². The monoisotopic (exact) mass is 309 g/mol. The number of nitrogens with zero attached hydrogens (tertiary/aromatic N) is 2. The minimum atomic E-state index is 0.326. The predicted octanol–water partition coefficient (Wildman–Crippen LogP) is 2.68. The molecule has 1 aromatic carbocycles. The van der Waals surface area contributed by atoms with E-state index in [2.05, 4.69) is 5.10 Å². The first-order valence-electron chi connectivity index (χ1n) is 6.80. The Labute approximate surface area is 129 Å². The first-order valence-corrected chi connectivity index (χ1v) is 7.18. The zero-order valence-electron chi connectivity index (χ0n) is 12.5. The number of benzene rings is 1. The molecule has 0 unspecified atom stereocenters. The van der Waals surface area contributed by atoms with Crippen LogP contribution in [-0.4, -0.2) is 16.9 Å². The standard InChI is InChI=1S/C15H20ClN3O2/c1-4-11-15(16)12(19(2)18-11)9-21-14-7-10(8-17)5-6-13(14)20-3/h5-7H,4,8-9,17H2,1-3H3. The molecular weight excluding hydrogens is 290 g/mol. The van der Waals surface area contributed by atoms with Crippen molar-refractivity contribution in [2.75, 3.05) is 7.11 Å². The number of halogens is 1. The van der Waals surface area contributed by atoms with E-state index in [1.807, 2.05) is 32.2 Å². The first kappa shape index (κ1) is 15.7. The summed E-state index contributed by atoms with van der Waals surface area (Å²) in [5.74, 6) is 1.32. The van der Waals surface area contributed by atoms with Gasteiger partial charge in [-0.25, -0.2) is 0 Å². The molecule has 1 heterocycles. The minimum absolute atomic E-state index is 0.326. The van der Waals surface area contributed by atoms with Crippen LogP contribution in [0.1, 0.15) is 23.9 Å². The summed E-state index contributed by atoms with van der Waals surface area (Å²) >= 11 is 6.31. The quantitative estimate of drug-likeness (QED) is 0.891. The Morgan fingerprint density at radius 3 is 2.67 bits per heavy atom. The SMILES string of the molecule is CCc1nn(C)c(COc2cc(CN)ccc2OC)c1Cl. The van der Waals surface area contributed by atoms with Gasteiger partial charge in [0, 0.05) is 13.6 Å². The second-order valence-electron chi connectivity index (χ2n) is 4.66. The summed E-state index contributed by atoms with van der Waals surface area (Å²) < 4.78 is 12.9. The van der Waals surface area contributed by atoms with E-state index < -0.39 is 0 Å². The van der Waals surface area contributed by atoms with Gasteiger partial charge in [-0.3, -0.25) is 4.68 Å². The van der Waals surface area contributed by atoms with E-state index in [4.69, 9.17) is 26.8 Å². The predicted molar refractivity (Wildman–Crippen MR) is 82.8 cm³/mol. The number of rotatable bonds is 6. The first-order chi connectivity index (χ1) is 10.1. The number of aromatic nitrogens is 2. The van der Waals surface area contributed by atoms with Gasteiger partial charge >= 0.3 is 0 Å². The van der Waals surface area contributed by atoms with Gasteiger partial charge in [0.1, 0.15) is 6.61 Å². The molecule has 0 aliphatic heterocycles. The van der Waals surface area contributed by atoms with E-state index in [-0.39, 0.29) is 0 Å². The summed E-state index contributed by atoms with van der Waals surface area (Å²) in [6, 6.07) is 5.64. The van der Waals surface area contributed by atoms with Crippen LogP contribution in [0, 0.1) is 0 Å². The highest BCUT2D eigenvalue weighted by Gasteiger charge is 2.14. The lowest BCUT2D eigenvalue weighted by molar-refractivity contribution is 0.275. The van der Waals surface area contributed by atoms with Crippen molar-refractivity contribution >= 4 is 11.6 Å². The van der Waals surface area contributed by atoms with Crippen LogP contribution in [0.3, 0.4) is 0 Å². The molecule has 0 bridgehead atoms. The smallest absolute Gasteiger partial charge is 0.162 e. The highest BCUT2D eigenvalue weighted by molar-refractivity contribution is 6.31. The molecule has 6 heteroatoms. The molecule has 0 aliphatic carbocycles. The van der Waals surface area contributed by atoms with Crippen LogP contribution in [0.5, 0.6) is 11.5 Å². The summed E-state index contributed by atoms with van der Waals surface area (Å²) in [4.78, 5) is 0. The van der Waals surface area contributed by atoms with Gasteiger partial charge in [0.15, 0.2) is 11.5 Å². The van der Waals surface area contributed by atoms with Crippen LogP contribution in [0.25, 0.3) is 0 Å². The molecule has 0 fully saturated rings. The molecule has 2 aromatic rings. The van der Waals surface area contributed by atoms with Crippen molar-refractivity contribution in [2.24, 2.45) is 12.8 Å². The molecule has 0 radical (unpaired) electrons. The van der Waals surface area contributed by atoms with Gasteiger partial charge in [-0.1, -0.05) is 24.6 Å². The Kier molecular flexibility index (Phi) is 5.09. The van der Waals surface area contributed by atoms with E-state index in [0.29, 0.717) is 29.7 Å². The maximum atomic E-state index is 6.31. The highest BCUT2D eigenvalue weighted by atomic mass is 35.5. The Balaban J connectivity index is 2.21. The molecule has 0 saturated heterocycles. The van der Waals surface area contributed by atoms with Crippen LogP contribution in [-0.2, 0) is 26.6 Å². The molecule has 5 nitrogen and oxygen atoms in total. The lowest BCUT2D eigenvalue weighted by Crippen LogP contribution is -2.05. The van der Waals surface area contributed by atoms with Crippen molar-refractivity contribution in [3.63, 3.8) is 0 Å². The number of nitrogens with two attached hydrogens (primary N) is 1. The maximum absolute atomic E-state index is 6.31. The van der Waals surface area contributed by atoms with Crippen LogP contribution >= 0.6 is 11.6 Å². The fourth-order valence-electron chi connectivity index (χ4n) is 2.08. The molecular formula is C15H20ClN3O2. The molecule has 0 saturated carbocycles. The summed E-state index contributed by atoms with van der Waals surface area (Å²) in [5.41, 5.74) is 8.35. The molecule has 0 atom stereocenters. The Hall–Kier alpha value is -1.72. The molecule has 114 valence electrons. The average molecular weight is 310 g/mol. The van der Waals surface area contributed by atoms with E-state index in [1.54, 1.807) is 11.8 Å². The van der Waals surface area contributed by atoms with E-state index in [9.17, 15) is 0 Å². The molecule has 2 rings (SSSR count). The Morgan fingerprint density at radius 2 is 2.10 bits per heavy atom. The van der Waals surface area contributed by atoms with Crippen LogP contribution < -0.4 is 15.2 Å². The molecule has 0 amide bonds. The lowest BCUT2D eigenvalue weighted by Gasteiger charge is -2.12. The van der Waals surface area contributed by atoms with Gasteiger partial charge in [0.05, 0.1) is 23.5 Å². The second kappa shape index (κ2) is 6.83. The molecule has 2 N–H and O–H groups in total. The van der Waals surface area contributed by atoms with Gasteiger partial charge in [-0.05, 0) is 24.1 Å². The maximum Gasteiger partial charge on any atom is 0.162 e. The van der Waals surface area contributed by atoms with Crippen molar-refractivity contribution < 1.29 is 9.47 Å². The van der Waals surface area contributed by atoms with Gasteiger partial charge in [0.2, 0.25) is 0 Å². The lowest BCUT2D eigenvalue weighted by atomic mass is 10.2. The van der Waals surface area contributed by atoms with E-state index in [1.165, 1.54) is 0 Å². The van der Waals surface area contributed by atoms with Crippen molar-refractivity contribution in [1.82, 2.24) is 9.78 Å². The van der Waals surface area contributed by atoms with Crippen LogP contribution in [0.2, 0.25) is 5.02 Å². The zero-order valence-corrected chi connectivity index (χ0v) is 13.3. The highest BCUT2D eigenvalue weighted by Crippen LogP contribution is 2.30. The minimum Gasteiger partial charge on any atom is -0.493 e. The summed E-state index contributed by atoms with van der Waals surface area (Å²) in [5, 5.41) is 5.03. The van der Waals surface area contributed by atoms with Crippen molar-refractivity contribution in [3.05, 3.63) is 40.2 Å². The third-order valence-corrected chi connectivity index (χ3v) is 3.77. The molecule has 0 spiro atoms. The summed E-state index contributed by atoms with van der Waals surface area (Å²) in [7, 11) is 3.47. The van der Waals surface area contributed by atoms with E-state index in [0.717, 1.165) is 23.4 Å². The van der Waals surface area contributed by atoms with Crippen LogP contribution in [0.4, 0.5) is 0 Å². The second-order valence-corrected chi connectivity index (χ2v) is 5.04. The van der Waals surface area contributed by atoms with Crippen molar-refractivity contribution in [3.8, 4) is 11.5 Å². The van der Waals surface area contributed by atoms with Gasteiger partial charge < -0.3 is 15.2 Å². The molecule has 1 aromatic heterocycles. The third kappa shape index (κ3) is 3.31.